The zero-order valence-electron chi connectivity index (χ0n) is 18.9. The smallest absolute Gasteiger partial charge is 0.231 e. The van der Waals surface area contributed by atoms with Crippen LogP contribution in [0.15, 0.2) is 72.6 Å². The van der Waals surface area contributed by atoms with Crippen LogP contribution >= 0.6 is 0 Å². The number of benzene rings is 3. The lowest BCUT2D eigenvalue weighted by molar-refractivity contribution is 0.101. The SMILES string of the molecule is CCn1cc(/C=C2\Oc3c(ccc(OCc4ccccc4OC)c3C)C2=O)c2ccccc21. The molecule has 0 spiro atoms. The van der Waals surface area contributed by atoms with E-state index >= 15 is 0 Å². The van der Waals surface area contributed by atoms with E-state index in [0.717, 1.165) is 39.9 Å². The zero-order valence-corrected chi connectivity index (χ0v) is 18.9. The van der Waals surface area contributed by atoms with Gasteiger partial charge in [-0.2, -0.15) is 0 Å². The number of carbonyl (C=O) groups excluding carboxylic acids is 1. The third-order valence-corrected chi connectivity index (χ3v) is 6.06. The van der Waals surface area contributed by atoms with E-state index in [-0.39, 0.29) is 5.78 Å². The highest BCUT2D eigenvalue weighted by Gasteiger charge is 2.30. The summed E-state index contributed by atoms with van der Waals surface area (Å²) in [7, 11) is 1.64. The van der Waals surface area contributed by atoms with E-state index in [0.29, 0.717) is 29.4 Å². The van der Waals surface area contributed by atoms with Crippen LogP contribution in [-0.4, -0.2) is 17.5 Å². The first-order valence-corrected chi connectivity index (χ1v) is 11.0. The summed E-state index contributed by atoms with van der Waals surface area (Å²) < 4.78 is 19.7. The molecule has 0 aliphatic carbocycles. The van der Waals surface area contributed by atoms with Gasteiger partial charge in [0, 0.05) is 40.3 Å². The summed E-state index contributed by atoms with van der Waals surface area (Å²) in [6.07, 6.45) is 3.90. The van der Waals surface area contributed by atoms with E-state index in [9.17, 15) is 4.79 Å². The molecule has 4 aromatic rings. The number of aromatic nitrogens is 1. The maximum atomic E-state index is 13.1. The highest BCUT2D eigenvalue weighted by Crippen LogP contribution is 2.40. The molecule has 3 aromatic carbocycles. The summed E-state index contributed by atoms with van der Waals surface area (Å²) in [6.45, 7) is 5.23. The zero-order chi connectivity index (χ0) is 22.9. The van der Waals surface area contributed by atoms with Crippen molar-refractivity contribution in [3.63, 3.8) is 0 Å². The fourth-order valence-corrected chi connectivity index (χ4v) is 4.30. The normalized spacial score (nSPS) is 13.9. The van der Waals surface area contributed by atoms with Crippen LogP contribution in [0.1, 0.15) is 34.0 Å². The van der Waals surface area contributed by atoms with Crippen LogP contribution in [-0.2, 0) is 13.2 Å². The number of hydrogen-bond acceptors (Lipinski definition) is 4. The molecule has 166 valence electrons. The average molecular weight is 440 g/mol. The minimum Gasteiger partial charge on any atom is -0.496 e. The predicted octanol–water partition coefficient (Wildman–Crippen LogP) is 6.17. The Bertz CT molecular complexity index is 1400. The Morgan fingerprint density at radius 1 is 1.00 bits per heavy atom. The Morgan fingerprint density at radius 2 is 1.79 bits per heavy atom. The quantitative estimate of drug-likeness (QED) is 0.337. The second-order valence-corrected chi connectivity index (χ2v) is 7.99. The second kappa shape index (κ2) is 8.51. The summed E-state index contributed by atoms with van der Waals surface area (Å²) >= 11 is 0. The van der Waals surface area contributed by atoms with Crippen molar-refractivity contribution in [3.8, 4) is 17.2 Å². The van der Waals surface area contributed by atoms with E-state index < -0.39 is 0 Å². The van der Waals surface area contributed by atoms with E-state index in [2.05, 4.69) is 29.8 Å². The first-order chi connectivity index (χ1) is 16.1. The number of allylic oxidation sites excluding steroid dienone is 1. The lowest BCUT2D eigenvalue weighted by Crippen LogP contribution is -2.00. The maximum absolute atomic E-state index is 13.1. The van der Waals surface area contributed by atoms with Gasteiger partial charge in [0.05, 0.1) is 12.7 Å². The van der Waals surface area contributed by atoms with E-state index in [4.69, 9.17) is 14.2 Å². The van der Waals surface area contributed by atoms with Gasteiger partial charge in [-0.15, -0.1) is 0 Å². The first kappa shape index (κ1) is 20.9. The molecule has 0 N–H and O–H groups in total. The highest BCUT2D eigenvalue weighted by molar-refractivity contribution is 6.15. The number of Topliss-reactive ketones (excluding diaryl/α,β-unsaturated/α-hetero) is 1. The molecular weight excluding hydrogens is 414 g/mol. The first-order valence-electron chi connectivity index (χ1n) is 11.0. The third-order valence-electron chi connectivity index (χ3n) is 6.06. The van der Waals surface area contributed by atoms with Gasteiger partial charge in [-0.3, -0.25) is 4.79 Å². The molecule has 0 saturated heterocycles. The molecule has 33 heavy (non-hydrogen) atoms. The van der Waals surface area contributed by atoms with Crippen molar-refractivity contribution in [2.24, 2.45) is 0 Å². The molecule has 5 rings (SSSR count). The van der Waals surface area contributed by atoms with Crippen molar-refractivity contribution in [2.75, 3.05) is 7.11 Å². The van der Waals surface area contributed by atoms with Gasteiger partial charge in [0.1, 0.15) is 23.9 Å². The molecule has 0 bridgehead atoms. The summed E-state index contributed by atoms with van der Waals surface area (Å²) in [5.74, 6) is 2.23. The fraction of sp³-hybridized carbons (Fsp3) is 0.179. The van der Waals surface area contributed by atoms with Gasteiger partial charge < -0.3 is 18.8 Å². The molecule has 0 fully saturated rings. The number of ether oxygens (including phenoxy) is 3. The Hall–Kier alpha value is -3.99. The molecule has 5 nitrogen and oxygen atoms in total. The molecule has 0 atom stereocenters. The van der Waals surface area contributed by atoms with Crippen LogP contribution in [0.5, 0.6) is 17.2 Å². The molecule has 1 aromatic heterocycles. The molecule has 0 saturated carbocycles. The number of rotatable bonds is 6. The Kier molecular flexibility index (Phi) is 5.38. The van der Waals surface area contributed by atoms with E-state index in [1.807, 2.05) is 55.5 Å². The number of aryl methyl sites for hydroxylation is 1. The second-order valence-electron chi connectivity index (χ2n) is 7.99. The Balaban J connectivity index is 1.44. The number of ketones is 1. The molecular formula is C28H25NO4. The van der Waals surface area contributed by atoms with Crippen molar-refractivity contribution >= 4 is 22.8 Å². The minimum absolute atomic E-state index is 0.113. The minimum atomic E-state index is -0.113. The van der Waals surface area contributed by atoms with Crippen LogP contribution in [0.3, 0.4) is 0 Å². The van der Waals surface area contributed by atoms with Crippen LogP contribution in [0.25, 0.3) is 17.0 Å². The molecule has 0 radical (unpaired) electrons. The largest absolute Gasteiger partial charge is 0.496 e. The summed E-state index contributed by atoms with van der Waals surface area (Å²) in [5, 5.41) is 1.09. The van der Waals surface area contributed by atoms with Gasteiger partial charge in [-0.25, -0.2) is 0 Å². The summed E-state index contributed by atoms with van der Waals surface area (Å²) in [5.41, 5.74) is 4.41. The molecule has 1 aliphatic heterocycles. The number of carbonyl (C=O) groups is 1. The van der Waals surface area contributed by atoms with Crippen molar-refractivity contribution in [1.82, 2.24) is 4.57 Å². The molecule has 2 heterocycles. The van der Waals surface area contributed by atoms with Crippen LogP contribution in [0, 0.1) is 6.92 Å². The maximum Gasteiger partial charge on any atom is 0.231 e. The van der Waals surface area contributed by atoms with Crippen molar-refractivity contribution < 1.29 is 19.0 Å². The highest BCUT2D eigenvalue weighted by atomic mass is 16.5. The Morgan fingerprint density at radius 3 is 2.61 bits per heavy atom. The van der Waals surface area contributed by atoms with Gasteiger partial charge in [-0.05, 0) is 44.2 Å². The number of nitrogens with zero attached hydrogens (tertiary/aromatic N) is 1. The molecule has 5 heteroatoms. The van der Waals surface area contributed by atoms with Crippen LogP contribution < -0.4 is 14.2 Å². The topological polar surface area (TPSA) is 49.7 Å². The van der Waals surface area contributed by atoms with Crippen LogP contribution in [0.2, 0.25) is 0 Å². The fourth-order valence-electron chi connectivity index (χ4n) is 4.30. The lowest BCUT2D eigenvalue weighted by Gasteiger charge is -2.13. The molecule has 0 amide bonds. The standard InChI is InChI=1S/C28H25NO4/c1-4-29-16-20(21-10-6-7-11-23(21)29)15-26-27(30)22-13-14-24(18(2)28(22)33-26)32-17-19-9-5-8-12-25(19)31-3/h5-16H,4,17H2,1-3H3/b26-15-. The van der Waals surface area contributed by atoms with Crippen molar-refractivity contribution in [1.29, 1.82) is 0 Å². The van der Waals surface area contributed by atoms with Crippen molar-refractivity contribution in [3.05, 3.63) is 94.9 Å². The van der Waals surface area contributed by atoms with E-state index in [1.165, 1.54) is 0 Å². The van der Waals surface area contributed by atoms with Gasteiger partial charge in [0.15, 0.2) is 5.76 Å². The Labute approximate surface area is 192 Å². The van der Waals surface area contributed by atoms with Gasteiger partial charge in [0.2, 0.25) is 5.78 Å². The number of para-hydroxylation sites is 2. The summed E-state index contributed by atoms with van der Waals surface area (Å²) in [4.78, 5) is 13.1. The van der Waals surface area contributed by atoms with Gasteiger partial charge in [0.25, 0.3) is 0 Å². The van der Waals surface area contributed by atoms with Crippen molar-refractivity contribution in [2.45, 2.75) is 27.0 Å². The summed E-state index contributed by atoms with van der Waals surface area (Å²) in [6, 6.07) is 19.5. The predicted molar refractivity (Wildman–Crippen MR) is 129 cm³/mol. The van der Waals surface area contributed by atoms with E-state index in [1.54, 1.807) is 13.2 Å². The lowest BCUT2D eigenvalue weighted by atomic mass is 10.1. The monoisotopic (exact) mass is 439 g/mol. The number of fused-ring (bicyclic) bond motifs is 2. The van der Waals surface area contributed by atoms with Gasteiger partial charge >= 0.3 is 0 Å². The molecule has 1 aliphatic rings. The van der Waals surface area contributed by atoms with Crippen LogP contribution in [0.4, 0.5) is 0 Å². The average Bonchev–Trinajstić information content (AvgIpc) is 3.37. The van der Waals surface area contributed by atoms with Gasteiger partial charge in [-0.1, -0.05) is 36.4 Å². The molecule has 0 unspecified atom stereocenters. The number of methoxy groups -OCH3 is 1. The number of hydrogen-bond donors (Lipinski definition) is 0. The third kappa shape index (κ3) is 3.65.